The Morgan fingerprint density at radius 1 is 1.24 bits per heavy atom. The standard InChI is InChI=1S/C16H18BrN3O/c1-4-18-15-9-12(8-11(3)19-15)16(21)20-14-7-10(2)5-6-13(14)17/h5-9H,4H2,1-3H3,(H,18,19)(H,20,21). The second-order valence-corrected chi connectivity index (χ2v) is 5.70. The summed E-state index contributed by atoms with van der Waals surface area (Å²) in [6, 6.07) is 9.38. The van der Waals surface area contributed by atoms with Crippen LogP contribution in [0.15, 0.2) is 34.8 Å². The lowest BCUT2D eigenvalue weighted by Gasteiger charge is -2.10. The van der Waals surface area contributed by atoms with Gasteiger partial charge in [-0.05, 0) is 66.5 Å². The van der Waals surface area contributed by atoms with E-state index >= 15 is 0 Å². The smallest absolute Gasteiger partial charge is 0.255 e. The van der Waals surface area contributed by atoms with Gasteiger partial charge in [-0.15, -0.1) is 0 Å². The zero-order valence-corrected chi connectivity index (χ0v) is 13.9. The summed E-state index contributed by atoms with van der Waals surface area (Å²) in [5, 5.41) is 6.05. The Morgan fingerprint density at radius 3 is 2.71 bits per heavy atom. The van der Waals surface area contributed by atoms with Crippen LogP contribution in [0.2, 0.25) is 0 Å². The van der Waals surface area contributed by atoms with Gasteiger partial charge in [-0.25, -0.2) is 4.98 Å². The SMILES string of the molecule is CCNc1cc(C(=O)Nc2cc(C)ccc2Br)cc(C)n1. The third-order valence-electron chi connectivity index (χ3n) is 2.94. The molecule has 1 aromatic heterocycles. The fraction of sp³-hybridized carbons (Fsp3) is 0.250. The van der Waals surface area contributed by atoms with Crippen LogP contribution in [-0.2, 0) is 0 Å². The topological polar surface area (TPSA) is 54.0 Å². The van der Waals surface area contributed by atoms with E-state index in [0.29, 0.717) is 11.4 Å². The van der Waals surface area contributed by atoms with E-state index in [9.17, 15) is 4.79 Å². The van der Waals surface area contributed by atoms with Gasteiger partial charge in [0.2, 0.25) is 0 Å². The predicted octanol–water partition coefficient (Wildman–Crippen LogP) is 4.15. The molecule has 0 aliphatic rings. The fourth-order valence-corrected chi connectivity index (χ4v) is 2.35. The van der Waals surface area contributed by atoms with Gasteiger partial charge in [0.25, 0.3) is 5.91 Å². The highest BCUT2D eigenvalue weighted by molar-refractivity contribution is 9.10. The summed E-state index contributed by atoms with van der Waals surface area (Å²) in [5.41, 5.74) is 3.25. The van der Waals surface area contributed by atoms with Crippen LogP contribution in [0, 0.1) is 13.8 Å². The third-order valence-corrected chi connectivity index (χ3v) is 3.64. The third kappa shape index (κ3) is 4.04. The molecule has 0 aliphatic heterocycles. The number of benzene rings is 1. The van der Waals surface area contributed by atoms with Crippen LogP contribution >= 0.6 is 15.9 Å². The molecule has 0 fully saturated rings. The average Bonchev–Trinajstić information content (AvgIpc) is 2.42. The lowest BCUT2D eigenvalue weighted by molar-refractivity contribution is 0.102. The normalized spacial score (nSPS) is 10.3. The van der Waals surface area contributed by atoms with Gasteiger partial charge in [0.1, 0.15) is 5.82 Å². The van der Waals surface area contributed by atoms with Gasteiger partial charge in [0.15, 0.2) is 0 Å². The minimum absolute atomic E-state index is 0.147. The summed E-state index contributed by atoms with van der Waals surface area (Å²) in [6.45, 7) is 6.62. The van der Waals surface area contributed by atoms with Crippen LogP contribution in [0.1, 0.15) is 28.5 Å². The van der Waals surface area contributed by atoms with Gasteiger partial charge in [0, 0.05) is 22.3 Å². The first kappa shape index (κ1) is 15.5. The Bertz CT molecular complexity index is 671. The van der Waals surface area contributed by atoms with Crippen molar-refractivity contribution < 1.29 is 4.79 Å². The number of pyridine rings is 1. The largest absolute Gasteiger partial charge is 0.370 e. The number of hydrogen-bond donors (Lipinski definition) is 2. The molecule has 4 nitrogen and oxygen atoms in total. The van der Waals surface area contributed by atoms with Gasteiger partial charge >= 0.3 is 0 Å². The summed E-state index contributed by atoms with van der Waals surface area (Å²) in [5.74, 6) is 0.567. The molecule has 0 spiro atoms. The molecular formula is C16H18BrN3O. The number of amides is 1. The summed E-state index contributed by atoms with van der Waals surface area (Å²) in [7, 11) is 0. The van der Waals surface area contributed by atoms with Crippen LogP contribution in [0.4, 0.5) is 11.5 Å². The molecule has 0 saturated heterocycles. The zero-order valence-electron chi connectivity index (χ0n) is 12.3. The quantitative estimate of drug-likeness (QED) is 0.873. The highest BCUT2D eigenvalue weighted by Gasteiger charge is 2.10. The first-order chi connectivity index (χ1) is 9.99. The minimum atomic E-state index is -0.147. The molecule has 110 valence electrons. The number of carbonyl (C=O) groups is 1. The van der Waals surface area contributed by atoms with Gasteiger partial charge < -0.3 is 10.6 Å². The number of rotatable bonds is 4. The van der Waals surface area contributed by atoms with Gasteiger partial charge in [-0.2, -0.15) is 0 Å². The van der Waals surface area contributed by atoms with Crippen LogP contribution in [0.5, 0.6) is 0 Å². The summed E-state index contributed by atoms with van der Waals surface area (Å²) in [4.78, 5) is 16.7. The second-order valence-electron chi connectivity index (χ2n) is 4.85. The number of nitrogens with one attached hydrogen (secondary N) is 2. The molecule has 1 heterocycles. The van der Waals surface area contributed by atoms with Crippen molar-refractivity contribution in [3.05, 3.63) is 51.6 Å². The summed E-state index contributed by atoms with van der Waals surface area (Å²) < 4.78 is 0.860. The van der Waals surface area contributed by atoms with Crippen LogP contribution in [-0.4, -0.2) is 17.4 Å². The van der Waals surface area contributed by atoms with E-state index in [1.807, 2.05) is 39.0 Å². The fourth-order valence-electron chi connectivity index (χ4n) is 2.00. The van der Waals surface area contributed by atoms with Gasteiger partial charge in [-0.3, -0.25) is 4.79 Å². The van der Waals surface area contributed by atoms with Crippen molar-refractivity contribution in [2.24, 2.45) is 0 Å². The van der Waals surface area contributed by atoms with E-state index in [1.54, 1.807) is 12.1 Å². The number of aromatic nitrogens is 1. The number of halogens is 1. The number of hydrogen-bond acceptors (Lipinski definition) is 3. The Kier molecular flexibility index (Phi) is 4.96. The van der Waals surface area contributed by atoms with E-state index in [-0.39, 0.29) is 5.91 Å². The maximum atomic E-state index is 12.4. The van der Waals surface area contributed by atoms with Crippen molar-refractivity contribution >= 4 is 33.3 Å². The molecule has 1 amide bonds. The predicted molar refractivity (Wildman–Crippen MR) is 90.0 cm³/mol. The van der Waals surface area contributed by atoms with Crippen molar-refractivity contribution in [1.82, 2.24) is 4.98 Å². The number of aryl methyl sites for hydroxylation is 2. The zero-order chi connectivity index (χ0) is 15.4. The monoisotopic (exact) mass is 347 g/mol. The van der Waals surface area contributed by atoms with Crippen molar-refractivity contribution in [2.75, 3.05) is 17.2 Å². The van der Waals surface area contributed by atoms with E-state index in [2.05, 4.69) is 31.5 Å². The Morgan fingerprint density at radius 2 is 2.00 bits per heavy atom. The van der Waals surface area contributed by atoms with E-state index in [0.717, 1.165) is 28.0 Å². The van der Waals surface area contributed by atoms with Gasteiger partial charge in [0.05, 0.1) is 5.69 Å². The van der Waals surface area contributed by atoms with Crippen molar-refractivity contribution in [1.29, 1.82) is 0 Å². The van der Waals surface area contributed by atoms with Crippen molar-refractivity contribution in [3.63, 3.8) is 0 Å². The first-order valence-electron chi connectivity index (χ1n) is 6.79. The van der Waals surface area contributed by atoms with Crippen molar-refractivity contribution in [2.45, 2.75) is 20.8 Å². The number of nitrogens with zero attached hydrogens (tertiary/aromatic N) is 1. The van der Waals surface area contributed by atoms with E-state index in [1.165, 1.54) is 0 Å². The summed E-state index contributed by atoms with van der Waals surface area (Å²) in [6.07, 6.45) is 0. The summed E-state index contributed by atoms with van der Waals surface area (Å²) >= 11 is 3.45. The first-order valence-corrected chi connectivity index (χ1v) is 7.59. The average molecular weight is 348 g/mol. The molecule has 0 radical (unpaired) electrons. The van der Waals surface area contributed by atoms with Crippen molar-refractivity contribution in [3.8, 4) is 0 Å². The van der Waals surface area contributed by atoms with Crippen LogP contribution in [0.3, 0.4) is 0 Å². The second kappa shape index (κ2) is 6.72. The van der Waals surface area contributed by atoms with Crippen LogP contribution in [0.25, 0.3) is 0 Å². The molecule has 5 heteroatoms. The molecule has 0 aliphatic carbocycles. The molecule has 2 rings (SSSR count). The number of anilines is 2. The molecule has 0 atom stereocenters. The maximum absolute atomic E-state index is 12.4. The highest BCUT2D eigenvalue weighted by atomic mass is 79.9. The molecule has 2 N–H and O–H groups in total. The van der Waals surface area contributed by atoms with E-state index < -0.39 is 0 Å². The van der Waals surface area contributed by atoms with Gasteiger partial charge in [-0.1, -0.05) is 6.07 Å². The number of carbonyl (C=O) groups excluding carboxylic acids is 1. The Labute approximate surface area is 133 Å². The Balaban J connectivity index is 2.25. The molecule has 0 unspecified atom stereocenters. The minimum Gasteiger partial charge on any atom is -0.370 e. The Hall–Kier alpha value is -1.88. The molecular weight excluding hydrogens is 330 g/mol. The van der Waals surface area contributed by atoms with E-state index in [4.69, 9.17) is 0 Å². The molecule has 21 heavy (non-hydrogen) atoms. The lowest BCUT2D eigenvalue weighted by Crippen LogP contribution is -2.14. The van der Waals surface area contributed by atoms with Crippen LogP contribution < -0.4 is 10.6 Å². The lowest BCUT2D eigenvalue weighted by atomic mass is 10.2. The molecule has 1 aromatic carbocycles. The molecule has 0 bridgehead atoms. The maximum Gasteiger partial charge on any atom is 0.255 e. The molecule has 2 aromatic rings. The molecule has 0 saturated carbocycles. The highest BCUT2D eigenvalue weighted by Crippen LogP contribution is 2.24.